The van der Waals surface area contributed by atoms with Crippen molar-refractivity contribution in [1.29, 1.82) is 0 Å². The minimum atomic E-state index is -0.252. The van der Waals surface area contributed by atoms with Gasteiger partial charge in [0, 0.05) is 11.6 Å². The lowest BCUT2D eigenvalue weighted by atomic mass is 10.1. The molecule has 0 aliphatic carbocycles. The third-order valence-electron chi connectivity index (χ3n) is 2.23. The predicted octanol–water partition coefficient (Wildman–Crippen LogP) is 2.67. The molecule has 1 atom stereocenters. The van der Waals surface area contributed by atoms with Crippen molar-refractivity contribution in [2.45, 2.75) is 13.0 Å². The molecule has 3 heteroatoms. The maximum atomic E-state index is 13.1. The van der Waals surface area contributed by atoms with Crippen LogP contribution < -0.4 is 10.1 Å². The van der Waals surface area contributed by atoms with Gasteiger partial charge in [-0.05, 0) is 32.2 Å². The zero-order valence-electron chi connectivity index (χ0n) is 9.09. The van der Waals surface area contributed by atoms with E-state index in [1.807, 2.05) is 14.0 Å². The minimum absolute atomic E-state index is 0.0560. The fourth-order valence-electron chi connectivity index (χ4n) is 1.29. The molecule has 0 heterocycles. The van der Waals surface area contributed by atoms with E-state index in [0.717, 1.165) is 5.56 Å². The molecule has 0 aromatic heterocycles. The fourth-order valence-corrected chi connectivity index (χ4v) is 1.29. The van der Waals surface area contributed by atoms with Crippen molar-refractivity contribution >= 4 is 0 Å². The number of halogens is 1. The third kappa shape index (κ3) is 3.06. The Morgan fingerprint density at radius 1 is 1.60 bits per heavy atom. The summed E-state index contributed by atoms with van der Waals surface area (Å²) in [6.45, 7) is 5.95. The number of hydrogen-bond acceptors (Lipinski definition) is 2. The van der Waals surface area contributed by atoms with Crippen LogP contribution in [0.4, 0.5) is 4.39 Å². The molecule has 0 aliphatic heterocycles. The van der Waals surface area contributed by atoms with Crippen LogP contribution >= 0.6 is 0 Å². The molecule has 0 amide bonds. The molecule has 2 nitrogen and oxygen atoms in total. The highest BCUT2D eigenvalue weighted by molar-refractivity contribution is 5.36. The molecule has 0 aliphatic rings. The molecule has 1 aromatic rings. The van der Waals surface area contributed by atoms with Gasteiger partial charge in [0.1, 0.15) is 18.2 Å². The highest BCUT2D eigenvalue weighted by atomic mass is 19.1. The van der Waals surface area contributed by atoms with Gasteiger partial charge in [-0.2, -0.15) is 0 Å². The van der Waals surface area contributed by atoms with E-state index in [0.29, 0.717) is 12.4 Å². The van der Waals surface area contributed by atoms with E-state index in [1.165, 1.54) is 12.1 Å². The molecule has 1 unspecified atom stereocenters. The van der Waals surface area contributed by atoms with Crippen molar-refractivity contribution < 1.29 is 9.13 Å². The molecule has 82 valence electrons. The van der Waals surface area contributed by atoms with Gasteiger partial charge in [0.15, 0.2) is 0 Å². The highest BCUT2D eigenvalue weighted by Crippen LogP contribution is 2.25. The lowest BCUT2D eigenvalue weighted by molar-refractivity contribution is 0.354. The van der Waals surface area contributed by atoms with Gasteiger partial charge in [0.25, 0.3) is 0 Å². The van der Waals surface area contributed by atoms with Gasteiger partial charge in [-0.15, -0.1) is 0 Å². The average molecular weight is 209 g/mol. The number of ether oxygens (including phenoxy) is 1. The van der Waals surface area contributed by atoms with Crippen molar-refractivity contribution in [2.75, 3.05) is 13.7 Å². The second-order valence-corrected chi connectivity index (χ2v) is 3.29. The van der Waals surface area contributed by atoms with Crippen LogP contribution in [0.3, 0.4) is 0 Å². The Labute approximate surface area is 89.8 Å². The highest BCUT2D eigenvalue weighted by Gasteiger charge is 2.10. The Kier molecular flexibility index (Phi) is 4.31. The first-order valence-corrected chi connectivity index (χ1v) is 4.89. The van der Waals surface area contributed by atoms with Gasteiger partial charge < -0.3 is 10.1 Å². The molecule has 0 saturated carbocycles. The normalized spacial score (nSPS) is 12.2. The van der Waals surface area contributed by atoms with Gasteiger partial charge in [0.05, 0.1) is 0 Å². The predicted molar refractivity (Wildman–Crippen MR) is 59.6 cm³/mol. The summed E-state index contributed by atoms with van der Waals surface area (Å²) in [5.74, 6) is 0.441. The van der Waals surface area contributed by atoms with Gasteiger partial charge in [-0.1, -0.05) is 12.7 Å². The summed E-state index contributed by atoms with van der Waals surface area (Å²) >= 11 is 0. The molecule has 0 saturated heterocycles. The molecule has 15 heavy (non-hydrogen) atoms. The average Bonchev–Trinajstić information content (AvgIpc) is 2.26. The largest absolute Gasteiger partial charge is 0.489 e. The number of hydrogen-bond donors (Lipinski definition) is 1. The van der Waals surface area contributed by atoms with Crippen molar-refractivity contribution in [3.8, 4) is 5.75 Å². The van der Waals surface area contributed by atoms with E-state index < -0.39 is 0 Å². The summed E-state index contributed by atoms with van der Waals surface area (Å²) in [4.78, 5) is 0. The smallest absolute Gasteiger partial charge is 0.124 e. The van der Waals surface area contributed by atoms with Crippen molar-refractivity contribution in [2.24, 2.45) is 0 Å². The zero-order valence-corrected chi connectivity index (χ0v) is 9.09. The Balaban J connectivity index is 2.97. The lowest BCUT2D eigenvalue weighted by Gasteiger charge is -2.15. The van der Waals surface area contributed by atoms with E-state index in [1.54, 1.807) is 12.1 Å². The topological polar surface area (TPSA) is 21.3 Å². The van der Waals surface area contributed by atoms with Gasteiger partial charge in [-0.25, -0.2) is 4.39 Å². The molecular formula is C12H16FNO. The van der Waals surface area contributed by atoms with Gasteiger partial charge in [0.2, 0.25) is 0 Å². The van der Waals surface area contributed by atoms with Crippen LogP contribution in [-0.2, 0) is 0 Å². The Bertz CT molecular complexity index is 338. The van der Waals surface area contributed by atoms with Crippen molar-refractivity contribution in [3.63, 3.8) is 0 Å². The first-order chi connectivity index (χ1) is 7.19. The Hall–Kier alpha value is -1.35. The van der Waals surface area contributed by atoms with Crippen molar-refractivity contribution in [3.05, 3.63) is 42.2 Å². The lowest BCUT2D eigenvalue weighted by Crippen LogP contribution is -2.14. The van der Waals surface area contributed by atoms with Crippen LogP contribution in [0.15, 0.2) is 30.9 Å². The Morgan fingerprint density at radius 2 is 2.33 bits per heavy atom. The maximum absolute atomic E-state index is 13.1. The van der Waals surface area contributed by atoms with E-state index in [2.05, 4.69) is 11.9 Å². The summed E-state index contributed by atoms with van der Waals surface area (Å²) in [7, 11) is 1.83. The van der Waals surface area contributed by atoms with Crippen LogP contribution in [0.25, 0.3) is 0 Å². The van der Waals surface area contributed by atoms with E-state index in [-0.39, 0.29) is 11.9 Å². The van der Waals surface area contributed by atoms with E-state index >= 15 is 0 Å². The van der Waals surface area contributed by atoms with Crippen LogP contribution in [-0.4, -0.2) is 13.7 Å². The second kappa shape index (κ2) is 5.51. The Morgan fingerprint density at radius 3 is 2.93 bits per heavy atom. The van der Waals surface area contributed by atoms with Crippen molar-refractivity contribution in [1.82, 2.24) is 5.32 Å². The van der Waals surface area contributed by atoms with E-state index in [9.17, 15) is 4.39 Å². The molecular weight excluding hydrogens is 193 g/mol. The summed E-state index contributed by atoms with van der Waals surface area (Å²) in [5, 5.41) is 3.05. The molecule has 1 aromatic carbocycles. The number of benzene rings is 1. The first-order valence-electron chi connectivity index (χ1n) is 4.89. The molecule has 0 spiro atoms. The summed E-state index contributed by atoms with van der Waals surface area (Å²) in [6, 6.07) is 4.58. The standard InChI is InChI=1S/C12H16FNO/c1-4-7-15-12-6-5-10(13)8-11(12)9(2)14-3/h4-6,8-9,14H,1,7H2,2-3H3. The fraction of sp³-hybridized carbons (Fsp3) is 0.333. The molecule has 1 rings (SSSR count). The van der Waals surface area contributed by atoms with Gasteiger partial charge in [-0.3, -0.25) is 0 Å². The monoisotopic (exact) mass is 209 g/mol. The number of rotatable bonds is 5. The quantitative estimate of drug-likeness (QED) is 0.753. The minimum Gasteiger partial charge on any atom is -0.489 e. The van der Waals surface area contributed by atoms with Crippen LogP contribution in [0.2, 0.25) is 0 Å². The van der Waals surface area contributed by atoms with Crippen LogP contribution in [0.1, 0.15) is 18.5 Å². The van der Waals surface area contributed by atoms with E-state index in [4.69, 9.17) is 4.74 Å². The zero-order chi connectivity index (χ0) is 11.3. The number of nitrogens with one attached hydrogen (secondary N) is 1. The van der Waals surface area contributed by atoms with Crippen LogP contribution in [0.5, 0.6) is 5.75 Å². The second-order valence-electron chi connectivity index (χ2n) is 3.29. The first kappa shape index (κ1) is 11.7. The van der Waals surface area contributed by atoms with Gasteiger partial charge >= 0.3 is 0 Å². The van der Waals surface area contributed by atoms with Crippen LogP contribution in [0, 0.1) is 5.82 Å². The maximum Gasteiger partial charge on any atom is 0.124 e. The molecule has 0 fully saturated rings. The summed E-state index contributed by atoms with van der Waals surface area (Å²) in [6.07, 6.45) is 1.66. The molecule has 1 N–H and O–H groups in total. The summed E-state index contributed by atoms with van der Waals surface area (Å²) < 4.78 is 18.5. The SMILES string of the molecule is C=CCOc1ccc(F)cc1C(C)NC. The molecule has 0 bridgehead atoms. The summed E-state index contributed by atoms with van der Waals surface area (Å²) in [5.41, 5.74) is 0.819. The molecule has 0 radical (unpaired) electrons. The third-order valence-corrected chi connectivity index (χ3v) is 2.23.